The van der Waals surface area contributed by atoms with Crippen molar-refractivity contribution < 1.29 is 13.2 Å². The van der Waals surface area contributed by atoms with E-state index >= 15 is 0 Å². The van der Waals surface area contributed by atoms with E-state index in [1.807, 2.05) is 24.3 Å². The molecule has 2 aliphatic rings. The minimum atomic E-state index is -3.53. The molecule has 2 aromatic carbocycles. The maximum atomic E-state index is 12.9. The Balaban J connectivity index is 1.39. The molecule has 0 bridgehead atoms. The second kappa shape index (κ2) is 7.13. The molecule has 0 saturated carbocycles. The molecule has 0 aromatic heterocycles. The van der Waals surface area contributed by atoms with Gasteiger partial charge in [0.1, 0.15) is 0 Å². The molecule has 2 heterocycles. The van der Waals surface area contributed by atoms with Crippen molar-refractivity contribution in [2.24, 2.45) is 0 Å². The number of piperidine rings is 1. The van der Waals surface area contributed by atoms with E-state index in [4.69, 9.17) is 0 Å². The molecule has 0 atom stereocenters. The van der Waals surface area contributed by atoms with Crippen LogP contribution >= 0.6 is 0 Å². The number of hydrogen-bond acceptors (Lipinski definition) is 4. The summed E-state index contributed by atoms with van der Waals surface area (Å²) in [5.41, 5.74) is 0.721. The average molecular weight is 388 g/mol. The van der Waals surface area contributed by atoms with Crippen LogP contribution in [0.3, 0.4) is 0 Å². The number of carbonyl (C=O) groups is 1. The third-order valence-corrected chi connectivity index (χ3v) is 7.39. The molecule has 1 saturated heterocycles. The fourth-order valence-corrected chi connectivity index (χ4v) is 5.78. The fraction of sp³-hybridized carbons (Fsp3) is 0.450. The predicted molar refractivity (Wildman–Crippen MR) is 106 cm³/mol. The second-order valence-electron chi connectivity index (χ2n) is 7.46. The van der Waals surface area contributed by atoms with Crippen LogP contribution in [0.2, 0.25) is 0 Å². The largest absolute Gasteiger partial charge is 0.353 e. The Bertz CT molecular complexity index is 960. The van der Waals surface area contributed by atoms with Crippen molar-refractivity contribution >= 4 is 32.4 Å². The summed E-state index contributed by atoms with van der Waals surface area (Å²) in [6.45, 7) is 2.31. The van der Waals surface area contributed by atoms with Gasteiger partial charge < -0.3 is 10.2 Å². The van der Waals surface area contributed by atoms with Crippen LogP contribution in [0.15, 0.2) is 41.3 Å². The topological polar surface area (TPSA) is 69.7 Å². The van der Waals surface area contributed by atoms with Crippen molar-refractivity contribution in [3.8, 4) is 0 Å². The van der Waals surface area contributed by atoms with Gasteiger partial charge in [0.05, 0.1) is 10.6 Å². The van der Waals surface area contributed by atoms with Gasteiger partial charge in [0, 0.05) is 24.4 Å². The van der Waals surface area contributed by atoms with E-state index < -0.39 is 10.0 Å². The number of rotatable bonds is 5. The van der Waals surface area contributed by atoms with Crippen LogP contribution in [0.1, 0.15) is 25.7 Å². The van der Waals surface area contributed by atoms with Crippen LogP contribution in [0.4, 0.5) is 5.69 Å². The molecule has 0 spiro atoms. The van der Waals surface area contributed by atoms with E-state index in [1.165, 1.54) is 4.31 Å². The van der Waals surface area contributed by atoms with E-state index in [9.17, 15) is 13.2 Å². The van der Waals surface area contributed by atoms with Crippen molar-refractivity contribution in [3.05, 3.63) is 36.4 Å². The SMILES string of the molecule is CN1CCC(NC(=O)CCCN2c3cccc4cccc(c34)S2(=O)=O)CC1. The first-order valence-corrected chi connectivity index (χ1v) is 10.9. The van der Waals surface area contributed by atoms with E-state index in [0.717, 1.165) is 42.4 Å². The fourth-order valence-electron chi connectivity index (χ4n) is 4.03. The van der Waals surface area contributed by atoms with Crippen molar-refractivity contribution in [1.29, 1.82) is 0 Å². The number of nitrogens with zero attached hydrogens (tertiary/aromatic N) is 2. The molecule has 7 heteroatoms. The summed E-state index contributed by atoms with van der Waals surface area (Å²) in [5, 5.41) is 4.80. The quantitative estimate of drug-likeness (QED) is 0.855. The number of likely N-dealkylation sites (tertiary alicyclic amines) is 1. The first-order valence-electron chi connectivity index (χ1n) is 9.49. The van der Waals surface area contributed by atoms with Crippen LogP contribution in [0.5, 0.6) is 0 Å². The molecule has 27 heavy (non-hydrogen) atoms. The van der Waals surface area contributed by atoms with Gasteiger partial charge in [-0.2, -0.15) is 0 Å². The van der Waals surface area contributed by atoms with Gasteiger partial charge in [0.15, 0.2) is 0 Å². The highest BCUT2D eigenvalue weighted by Crippen LogP contribution is 2.41. The molecular weight excluding hydrogens is 362 g/mol. The number of hydrogen-bond donors (Lipinski definition) is 1. The predicted octanol–water partition coefficient (Wildman–Crippen LogP) is 2.34. The summed E-state index contributed by atoms with van der Waals surface area (Å²) in [4.78, 5) is 14.9. The molecule has 0 aliphatic carbocycles. The Labute approximate surface area is 160 Å². The van der Waals surface area contributed by atoms with Gasteiger partial charge in [0.2, 0.25) is 5.91 Å². The third kappa shape index (κ3) is 3.41. The summed E-state index contributed by atoms with van der Waals surface area (Å²) in [6.07, 6.45) is 2.78. The third-order valence-electron chi connectivity index (χ3n) is 5.53. The van der Waals surface area contributed by atoms with Gasteiger partial charge in [-0.05, 0) is 56.9 Å². The van der Waals surface area contributed by atoms with Crippen molar-refractivity contribution in [2.75, 3.05) is 31.0 Å². The van der Waals surface area contributed by atoms with E-state index in [-0.39, 0.29) is 11.9 Å². The highest BCUT2D eigenvalue weighted by atomic mass is 32.2. The number of anilines is 1. The summed E-state index contributed by atoms with van der Waals surface area (Å²) >= 11 is 0. The molecule has 0 unspecified atom stereocenters. The Kier molecular flexibility index (Phi) is 4.82. The summed E-state index contributed by atoms with van der Waals surface area (Å²) in [6, 6.07) is 11.2. The number of nitrogens with one attached hydrogen (secondary N) is 1. The standard InChI is InChI=1S/C20H25N3O3S/c1-22-13-10-16(11-14-22)21-19(24)9-4-12-23-17-7-2-5-15-6-3-8-18(20(15)17)27(23,25)26/h2-3,5-8,16H,4,9-14H2,1H3,(H,21,24). The zero-order valence-electron chi connectivity index (χ0n) is 15.5. The lowest BCUT2D eigenvalue weighted by molar-refractivity contribution is -0.122. The maximum Gasteiger partial charge on any atom is 0.265 e. The Morgan fingerprint density at radius 1 is 1.15 bits per heavy atom. The van der Waals surface area contributed by atoms with E-state index in [2.05, 4.69) is 17.3 Å². The van der Waals surface area contributed by atoms with Crippen LogP contribution in [0, 0.1) is 0 Å². The van der Waals surface area contributed by atoms with Crippen molar-refractivity contribution in [3.63, 3.8) is 0 Å². The van der Waals surface area contributed by atoms with Gasteiger partial charge >= 0.3 is 0 Å². The lowest BCUT2D eigenvalue weighted by Gasteiger charge is -2.29. The van der Waals surface area contributed by atoms with Gasteiger partial charge in [0.25, 0.3) is 10.0 Å². The minimum Gasteiger partial charge on any atom is -0.353 e. The molecule has 1 fully saturated rings. The molecule has 4 rings (SSSR count). The molecule has 2 aliphatic heterocycles. The lowest BCUT2D eigenvalue weighted by atomic mass is 10.1. The summed E-state index contributed by atoms with van der Waals surface area (Å²) in [5.74, 6) is 0.0110. The molecule has 0 radical (unpaired) electrons. The molecule has 1 amide bonds. The average Bonchev–Trinajstić information content (AvgIpc) is 2.87. The van der Waals surface area contributed by atoms with Gasteiger partial charge in [-0.25, -0.2) is 8.42 Å². The Hall–Kier alpha value is -2.12. The number of amides is 1. The minimum absolute atomic E-state index is 0.0110. The van der Waals surface area contributed by atoms with E-state index in [1.54, 1.807) is 12.1 Å². The van der Waals surface area contributed by atoms with Crippen molar-refractivity contribution in [1.82, 2.24) is 10.2 Å². The second-order valence-corrected chi connectivity index (χ2v) is 9.29. The van der Waals surface area contributed by atoms with Crippen LogP contribution in [0.25, 0.3) is 10.8 Å². The Morgan fingerprint density at radius 2 is 1.85 bits per heavy atom. The zero-order valence-corrected chi connectivity index (χ0v) is 16.3. The first-order chi connectivity index (χ1) is 13.0. The van der Waals surface area contributed by atoms with Gasteiger partial charge in [-0.1, -0.05) is 24.3 Å². The first kappa shape index (κ1) is 18.3. The normalized spacial score (nSPS) is 19.5. The monoisotopic (exact) mass is 387 g/mol. The van der Waals surface area contributed by atoms with Gasteiger partial charge in [-0.3, -0.25) is 9.10 Å². The summed E-state index contributed by atoms with van der Waals surface area (Å²) in [7, 11) is -1.44. The van der Waals surface area contributed by atoms with E-state index in [0.29, 0.717) is 24.3 Å². The lowest BCUT2D eigenvalue weighted by Crippen LogP contribution is -2.43. The molecule has 144 valence electrons. The highest BCUT2D eigenvalue weighted by molar-refractivity contribution is 7.93. The van der Waals surface area contributed by atoms with Crippen LogP contribution < -0.4 is 9.62 Å². The molecule has 6 nitrogen and oxygen atoms in total. The van der Waals surface area contributed by atoms with Crippen LogP contribution in [-0.2, 0) is 14.8 Å². The number of carbonyl (C=O) groups excluding carboxylic acids is 1. The maximum absolute atomic E-state index is 12.9. The smallest absolute Gasteiger partial charge is 0.265 e. The van der Waals surface area contributed by atoms with Crippen molar-refractivity contribution in [2.45, 2.75) is 36.6 Å². The Morgan fingerprint density at radius 3 is 2.59 bits per heavy atom. The molecule has 2 aromatic rings. The zero-order chi connectivity index (χ0) is 19.0. The number of sulfonamides is 1. The summed E-state index contributed by atoms with van der Waals surface area (Å²) < 4.78 is 27.3. The molecular formula is C20H25N3O3S. The number of benzene rings is 2. The van der Waals surface area contributed by atoms with Gasteiger partial charge in [-0.15, -0.1) is 0 Å². The highest BCUT2D eigenvalue weighted by Gasteiger charge is 2.35. The molecule has 1 N–H and O–H groups in total. The van der Waals surface area contributed by atoms with Crippen LogP contribution in [-0.4, -0.2) is 51.9 Å².